The summed E-state index contributed by atoms with van der Waals surface area (Å²) >= 11 is 1.52. The van der Waals surface area contributed by atoms with Crippen molar-refractivity contribution >= 4 is 27.8 Å². The highest BCUT2D eigenvalue weighted by molar-refractivity contribution is 7.13. The van der Waals surface area contributed by atoms with Crippen LogP contribution in [0.1, 0.15) is 31.1 Å². The van der Waals surface area contributed by atoms with Crippen LogP contribution in [0, 0.1) is 17.0 Å². The molecule has 2 N–H and O–H groups in total. The zero-order chi connectivity index (χ0) is 15.4. The van der Waals surface area contributed by atoms with Crippen LogP contribution in [-0.2, 0) is 0 Å². The molecule has 1 unspecified atom stereocenters. The summed E-state index contributed by atoms with van der Waals surface area (Å²) in [5, 5.41) is 20.1. The van der Waals surface area contributed by atoms with Crippen LogP contribution in [0.4, 0.5) is 16.5 Å². The van der Waals surface area contributed by atoms with E-state index < -0.39 is 0 Å². The van der Waals surface area contributed by atoms with E-state index in [0.29, 0.717) is 5.56 Å². The van der Waals surface area contributed by atoms with Crippen molar-refractivity contribution in [1.29, 1.82) is 0 Å². The maximum absolute atomic E-state index is 10.8. The fourth-order valence-corrected chi connectivity index (χ4v) is 2.84. The topological polar surface area (TPSA) is 80.1 Å². The van der Waals surface area contributed by atoms with Crippen LogP contribution < -0.4 is 10.6 Å². The van der Waals surface area contributed by atoms with Gasteiger partial charge in [-0.05, 0) is 32.5 Å². The molecule has 1 heterocycles. The van der Waals surface area contributed by atoms with Crippen molar-refractivity contribution in [3.05, 3.63) is 45.0 Å². The Morgan fingerprint density at radius 3 is 2.86 bits per heavy atom. The SMILES string of the molecule is CCNC(C)c1csc(Nc2ccc([N+](=O)[O-])c(C)c2)n1. The van der Waals surface area contributed by atoms with Gasteiger partial charge in [0.25, 0.3) is 5.69 Å². The number of benzene rings is 1. The highest BCUT2D eigenvalue weighted by atomic mass is 32.1. The van der Waals surface area contributed by atoms with Crippen LogP contribution in [0.15, 0.2) is 23.6 Å². The van der Waals surface area contributed by atoms with E-state index in [1.807, 2.05) is 5.38 Å². The Hall–Kier alpha value is -1.99. The number of nitrogens with one attached hydrogen (secondary N) is 2. The Morgan fingerprint density at radius 1 is 1.48 bits per heavy atom. The van der Waals surface area contributed by atoms with Crippen molar-refractivity contribution in [2.24, 2.45) is 0 Å². The summed E-state index contributed by atoms with van der Waals surface area (Å²) in [6.07, 6.45) is 0. The van der Waals surface area contributed by atoms with Crippen molar-refractivity contribution in [2.45, 2.75) is 26.8 Å². The molecular weight excluding hydrogens is 288 g/mol. The van der Waals surface area contributed by atoms with Crippen molar-refractivity contribution < 1.29 is 4.92 Å². The molecule has 0 spiro atoms. The summed E-state index contributed by atoms with van der Waals surface area (Å²) in [6, 6.07) is 5.17. The van der Waals surface area contributed by atoms with E-state index in [-0.39, 0.29) is 16.7 Å². The van der Waals surface area contributed by atoms with E-state index in [1.54, 1.807) is 19.1 Å². The van der Waals surface area contributed by atoms with Gasteiger partial charge in [-0.1, -0.05) is 6.92 Å². The summed E-state index contributed by atoms with van der Waals surface area (Å²) in [4.78, 5) is 14.9. The number of rotatable bonds is 6. The molecule has 1 aromatic carbocycles. The smallest absolute Gasteiger partial charge is 0.272 e. The molecule has 0 radical (unpaired) electrons. The second-order valence-corrected chi connectivity index (χ2v) is 5.60. The number of aromatic nitrogens is 1. The largest absolute Gasteiger partial charge is 0.332 e. The number of nitro benzene ring substituents is 1. The van der Waals surface area contributed by atoms with E-state index in [9.17, 15) is 10.1 Å². The van der Waals surface area contributed by atoms with Gasteiger partial charge in [0.2, 0.25) is 0 Å². The van der Waals surface area contributed by atoms with E-state index in [4.69, 9.17) is 0 Å². The maximum Gasteiger partial charge on any atom is 0.272 e. The molecule has 0 bridgehead atoms. The van der Waals surface area contributed by atoms with E-state index in [1.165, 1.54) is 17.4 Å². The normalized spacial score (nSPS) is 12.1. The molecule has 0 fully saturated rings. The molecule has 2 rings (SSSR count). The van der Waals surface area contributed by atoms with Gasteiger partial charge in [-0.25, -0.2) is 4.98 Å². The van der Waals surface area contributed by atoms with E-state index in [0.717, 1.165) is 23.1 Å². The van der Waals surface area contributed by atoms with Gasteiger partial charge in [-0.3, -0.25) is 10.1 Å². The Bertz CT molecular complexity index is 642. The van der Waals surface area contributed by atoms with E-state index >= 15 is 0 Å². The lowest BCUT2D eigenvalue weighted by Crippen LogP contribution is -2.17. The maximum atomic E-state index is 10.8. The number of nitro groups is 1. The molecule has 1 atom stereocenters. The van der Waals surface area contributed by atoms with Crippen molar-refractivity contribution in [1.82, 2.24) is 10.3 Å². The Balaban J connectivity index is 2.12. The van der Waals surface area contributed by atoms with Crippen LogP contribution in [-0.4, -0.2) is 16.5 Å². The molecule has 0 aliphatic heterocycles. The third-order valence-electron chi connectivity index (χ3n) is 3.12. The molecule has 0 saturated heterocycles. The molecule has 1 aromatic heterocycles. The fraction of sp³-hybridized carbons (Fsp3) is 0.357. The summed E-state index contributed by atoms with van der Waals surface area (Å²) < 4.78 is 0. The summed E-state index contributed by atoms with van der Waals surface area (Å²) in [6.45, 7) is 6.74. The van der Waals surface area contributed by atoms with Crippen molar-refractivity contribution in [2.75, 3.05) is 11.9 Å². The number of hydrogen-bond acceptors (Lipinski definition) is 6. The number of aryl methyl sites for hydroxylation is 1. The first kappa shape index (κ1) is 15.4. The predicted molar refractivity (Wildman–Crippen MR) is 85.3 cm³/mol. The fourth-order valence-electron chi connectivity index (χ4n) is 2.01. The van der Waals surface area contributed by atoms with Gasteiger partial charge in [-0.2, -0.15) is 0 Å². The van der Waals surface area contributed by atoms with Gasteiger partial charge < -0.3 is 10.6 Å². The first-order valence-electron chi connectivity index (χ1n) is 6.72. The molecule has 0 aliphatic rings. The molecule has 112 valence electrons. The number of nitrogens with zero attached hydrogens (tertiary/aromatic N) is 2. The van der Waals surface area contributed by atoms with Gasteiger partial charge >= 0.3 is 0 Å². The van der Waals surface area contributed by atoms with Crippen LogP contribution in [0.5, 0.6) is 0 Å². The van der Waals surface area contributed by atoms with Crippen LogP contribution >= 0.6 is 11.3 Å². The van der Waals surface area contributed by atoms with Gasteiger partial charge in [0.1, 0.15) is 0 Å². The third-order valence-corrected chi connectivity index (χ3v) is 3.90. The lowest BCUT2D eigenvalue weighted by atomic mass is 10.2. The molecule has 7 heteroatoms. The van der Waals surface area contributed by atoms with Gasteiger partial charge in [0, 0.05) is 28.7 Å². The highest BCUT2D eigenvalue weighted by Crippen LogP contribution is 2.27. The predicted octanol–water partition coefficient (Wildman–Crippen LogP) is 3.77. The molecule has 6 nitrogen and oxygen atoms in total. The average Bonchev–Trinajstić information content (AvgIpc) is 2.87. The van der Waals surface area contributed by atoms with Gasteiger partial charge in [0.05, 0.1) is 10.6 Å². The first-order chi connectivity index (χ1) is 10.0. The number of hydrogen-bond donors (Lipinski definition) is 2. The Labute approximate surface area is 127 Å². The number of anilines is 2. The van der Waals surface area contributed by atoms with E-state index in [2.05, 4.69) is 29.5 Å². The standard InChI is InChI=1S/C14H18N4O2S/c1-4-15-10(3)12-8-21-14(17-12)16-11-5-6-13(18(19)20)9(2)7-11/h5-8,10,15H,4H2,1-3H3,(H,16,17). The Kier molecular flexibility index (Phi) is 4.87. The second kappa shape index (κ2) is 6.64. The number of thiazole rings is 1. The quantitative estimate of drug-likeness (QED) is 0.627. The molecule has 0 aliphatic carbocycles. The molecule has 2 aromatic rings. The van der Waals surface area contributed by atoms with Gasteiger partial charge in [-0.15, -0.1) is 11.3 Å². The summed E-state index contributed by atoms with van der Waals surface area (Å²) in [5.41, 5.74) is 2.54. The van der Waals surface area contributed by atoms with Crippen molar-refractivity contribution in [3.63, 3.8) is 0 Å². The zero-order valence-corrected chi connectivity index (χ0v) is 13.0. The average molecular weight is 306 g/mol. The zero-order valence-electron chi connectivity index (χ0n) is 12.2. The minimum atomic E-state index is -0.376. The third kappa shape index (κ3) is 3.77. The minimum Gasteiger partial charge on any atom is -0.332 e. The second-order valence-electron chi connectivity index (χ2n) is 4.74. The molecule has 21 heavy (non-hydrogen) atoms. The van der Waals surface area contributed by atoms with Crippen LogP contribution in [0.25, 0.3) is 0 Å². The lowest BCUT2D eigenvalue weighted by Gasteiger charge is -2.08. The van der Waals surface area contributed by atoms with Crippen LogP contribution in [0.2, 0.25) is 0 Å². The summed E-state index contributed by atoms with van der Waals surface area (Å²) in [5.74, 6) is 0. The molecule has 0 saturated carbocycles. The molecular formula is C14H18N4O2S. The summed E-state index contributed by atoms with van der Waals surface area (Å²) in [7, 11) is 0. The van der Waals surface area contributed by atoms with Gasteiger partial charge in [0.15, 0.2) is 5.13 Å². The Morgan fingerprint density at radius 2 is 2.24 bits per heavy atom. The first-order valence-corrected chi connectivity index (χ1v) is 7.60. The minimum absolute atomic E-state index is 0.126. The monoisotopic (exact) mass is 306 g/mol. The van der Waals surface area contributed by atoms with Crippen LogP contribution in [0.3, 0.4) is 0 Å². The molecule has 0 amide bonds. The highest BCUT2D eigenvalue weighted by Gasteiger charge is 2.12. The lowest BCUT2D eigenvalue weighted by molar-refractivity contribution is -0.385. The van der Waals surface area contributed by atoms with Crippen molar-refractivity contribution in [3.8, 4) is 0 Å².